The van der Waals surface area contributed by atoms with Crippen molar-refractivity contribution in [1.82, 2.24) is 9.97 Å². The fraction of sp³-hybridized carbons (Fsp3) is 0.0455. The third kappa shape index (κ3) is 5.36. The van der Waals surface area contributed by atoms with Crippen LogP contribution in [-0.2, 0) is 10.1 Å². The van der Waals surface area contributed by atoms with E-state index in [4.69, 9.17) is 14.4 Å². The molecule has 2 heterocycles. The zero-order valence-corrected chi connectivity index (χ0v) is 17.5. The van der Waals surface area contributed by atoms with E-state index in [2.05, 4.69) is 9.97 Å². The van der Waals surface area contributed by atoms with Crippen LogP contribution in [0.2, 0.25) is 0 Å². The number of nitrogens with zero attached hydrogens (tertiary/aromatic N) is 2. The molecule has 0 saturated heterocycles. The Labute approximate surface area is 183 Å². The van der Waals surface area contributed by atoms with Crippen molar-refractivity contribution < 1.29 is 32.7 Å². The number of hydrogen-bond donors (Lipinski definition) is 3. The summed E-state index contributed by atoms with van der Waals surface area (Å²) in [7, 11) is -4.41. The Balaban J connectivity index is 0.000000182. The van der Waals surface area contributed by atoms with Crippen LogP contribution in [-0.4, -0.2) is 39.1 Å². The highest BCUT2D eigenvalue weighted by molar-refractivity contribution is 7.86. The minimum absolute atomic E-state index is 0.0491. The number of aromatic nitrogens is 2. The molecule has 9 nitrogen and oxygen atoms in total. The first-order valence-electron chi connectivity index (χ1n) is 9.14. The number of carboxylic acids is 1. The molecule has 3 N–H and O–H groups in total. The van der Waals surface area contributed by atoms with Crippen LogP contribution in [0.4, 0.5) is 0 Å². The number of rotatable bonds is 4. The van der Waals surface area contributed by atoms with Gasteiger partial charge in [0.1, 0.15) is 21.7 Å². The second-order valence-corrected chi connectivity index (χ2v) is 7.93. The van der Waals surface area contributed by atoms with E-state index >= 15 is 0 Å². The monoisotopic (exact) mass is 454 g/mol. The summed E-state index contributed by atoms with van der Waals surface area (Å²) < 4.78 is 36.0. The fourth-order valence-electron chi connectivity index (χ4n) is 2.67. The number of aryl methyl sites for hydroxylation is 1. The molecule has 0 aliphatic rings. The predicted molar refractivity (Wildman–Crippen MR) is 116 cm³/mol. The summed E-state index contributed by atoms with van der Waals surface area (Å²) in [5.74, 6) is -0.920. The third-order valence-corrected chi connectivity index (χ3v) is 5.11. The minimum atomic E-state index is -4.41. The number of ether oxygens (including phenoxy) is 1. The molecule has 0 aliphatic heterocycles. The Morgan fingerprint density at radius 2 is 1.59 bits per heavy atom. The molecule has 0 atom stereocenters. The number of pyridine rings is 2. The summed E-state index contributed by atoms with van der Waals surface area (Å²) in [6.07, 6.45) is 2.92. The van der Waals surface area contributed by atoms with Gasteiger partial charge in [0, 0.05) is 17.8 Å². The number of aromatic carboxylic acids is 1. The van der Waals surface area contributed by atoms with Crippen molar-refractivity contribution >= 4 is 27.0 Å². The summed E-state index contributed by atoms with van der Waals surface area (Å²) in [4.78, 5) is 18.2. The van der Waals surface area contributed by atoms with Crippen LogP contribution in [0.15, 0.2) is 78.0 Å². The van der Waals surface area contributed by atoms with Crippen LogP contribution in [0, 0.1) is 6.92 Å². The molecule has 0 unspecified atom stereocenters. The third-order valence-electron chi connectivity index (χ3n) is 4.23. The van der Waals surface area contributed by atoms with E-state index in [1.54, 1.807) is 30.3 Å². The number of benzene rings is 2. The first-order valence-corrected chi connectivity index (χ1v) is 10.6. The van der Waals surface area contributed by atoms with Crippen molar-refractivity contribution in [3.05, 3.63) is 84.2 Å². The molecule has 0 saturated carbocycles. The Morgan fingerprint density at radius 3 is 2.25 bits per heavy atom. The van der Waals surface area contributed by atoms with E-state index in [0.717, 1.165) is 11.6 Å². The summed E-state index contributed by atoms with van der Waals surface area (Å²) in [6, 6.07) is 16.3. The van der Waals surface area contributed by atoms with Gasteiger partial charge in [-0.05, 0) is 43.3 Å². The van der Waals surface area contributed by atoms with Gasteiger partial charge in [-0.25, -0.2) is 9.78 Å². The normalized spacial score (nSPS) is 10.8. The van der Waals surface area contributed by atoms with Gasteiger partial charge in [-0.3, -0.25) is 9.54 Å². The van der Waals surface area contributed by atoms with E-state index in [-0.39, 0.29) is 17.0 Å². The Kier molecular flexibility index (Phi) is 6.67. The lowest BCUT2D eigenvalue weighted by atomic mass is 10.2. The van der Waals surface area contributed by atoms with Crippen molar-refractivity contribution in [1.29, 1.82) is 0 Å². The van der Waals surface area contributed by atoms with Crippen LogP contribution in [0.1, 0.15) is 15.9 Å². The fourth-order valence-corrected chi connectivity index (χ4v) is 3.25. The highest BCUT2D eigenvalue weighted by atomic mass is 32.2. The molecule has 0 aliphatic carbocycles. The molecule has 164 valence electrons. The highest BCUT2D eigenvalue weighted by Gasteiger charge is 2.17. The number of hydrogen-bond acceptors (Lipinski definition) is 7. The van der Waals surface area contributed by atoms with Crippen LogP contribution < -0.4 is 4.74 Å². The van der Waals surface area contributed by atoms with E-state index in [1.165, 1.54) is 24.5 Å². The largest absolute Gasteiger partial charge is 0.504 e. The maximum Gasteiger partial charge on any atom is 0.341 e. The molecule has 10 heteroatoms. The standard InChI is InChI=1S/C13H11NO3.C9H7NO4S/c1-9-4-6-10(7-5-9)17-12-11(13(15)16)3-2-8-14-12;11-9-7(15(12,13)14)4-3-6-2-1-5-10-8(6)9/h2-8H,1H3,(H,15,16);1-5,11H,(H,12,13,14). The van der Waals surface area contributed by atoms with Gasteiger partial charge in [-0.2, -0.15) is 8.42 Å². The van der Waals surface area contributed by atoms with Gasteiger partial charge in [-0.15, -0.1) is 0 Å². The van der Waals surface area contributed by atoms with Crippen molar-refractivity contribution in [3.8, 4) is 17.4 Å². The Hall–Kier alpha value is -4.02. The minimum Gasteiger partial charge on any atom is -0.504 e. The number of fused-ring (bicyclic) bond motifs is 1. The number of phenolic OH excluding ortho intramolecular Hbond substituents is 1. The van der Waals surface area contributed by atoms with Gasteiger partial charge in [0.15, 0.2) is 5.75 Å². The van der Waals surface area contributed by atoms with Crippen LogP contribution in [0.3, 0.4) is 0 Å². The van der Waals surface area contributed by atoms with E-state index in [9.17, 15) is 18.3 Å². The average Bonchev–Trinajstić information content (AvgIpc) is 2.75. The number of aromatic hydroxyl groups is 1. The zero-order chi connectivity index (χ0) is 23.3. The molecule has 2 aromatic heterocycles. The smallest absolute Gasteiger partial charge is 0.341 e. The molecule has 0 spiro atoms. The maximum atomic E-state index is 10.9. The predicted octanol–water partition coefficient (Wildman–Crippen LogP) is 4.07. The molecular weight excluding hydrogens is 436 g/mol. The first-order chi connectivity index (χ1) is 15.2. The number of carboxylic acid groups (broad SMARTS) is 1. The van der Waals surface area contributed by atoms with Crippen molar-refractivity contribution in [2.75, 3.05) is 0 Å². The first kappa shape index (κ1) is 22.7. The van der Waals surface area contributed by atoms with Crippen molar-refractivity contribution in [2.45, 2.75) is 11.8 Å². The van der Waals surface area contributed by atoms with E-state index < -0.39 is 26.7 Å². The van der Waals surface area contributed by atoms with Crippen molar-refractivity contribution in [2.24, 2.45) is 0 Å². The van der Waals surface area contributed by atoms with Gasteiger partial charge >= 0.3 is 5.97 Å². The molecule has 0 radical (unpaired) electrons. The zero-order valence-electron chi connectivity index (χ0n) is 16.7. The second kappa shape index (κ2) is 9.41. The number of carbonyl (C=O) groups is 1. The molecule has 0 amide bonds. The van der Waals surface area contributed by atoms with Gasteiger partial charge < -0.3 is 14.9 Å². The Bertz CT molecular complexity index is 1370. The van der Waals surface area contributed by atoms with Crippen LogP contribution in [0.25, 0.3) is 10.9 Å². The van der Waals surface area contributed by atoms with E-state index in [0.29, 0.717) is 11.1 Å². The van der Waals surface area contributed by atoms with Gasteiger partial charge in [0.05, 0.1) is 0 Å². The van der Waals surface area contributed by atoms with Crippen LogP contribution in [0.5, 0.6) is 17.4 Å². The summed E-state index contributed by atoms with van der Waals surface area (Å²) in [5.41, 5.74) is 1.30. The van der Waals surface area contributed by atoms with Gasteiger partial charge in [0.2, 0.25) is 5.88 Å². The van der Waals surface area contributed by atoms with E-state index in [1.807, 2.05) is 19.1 Å². The molecular formula is C22H18N2O7S. The molecule has 32 heavy (non-hydrogen) atoms. The average molecular weight is 454 g/mol. The number of phenols is 1. The summed E-state index contributed by atoms with van der Waals surface area (Å²) in [6.45, 7) is 1.97. The van der Waals surface area contributed by atoms with Crippen molar-refractivity contribution in [3.63, 3.8) is 0 Å². The highest BCUT2D eigenvalue weighted by Crippen LogP contribution is 2.29. The Morgan fingerprint density at radius 1 is 0.938 bits per heavy atom. The van der Waals surface area contributed by atoms with Gasteiger partial charge in [-0.1, -0.05) is 29.8 Å². The lowest BCUT2D eigenvalue weighted by molar-refractivity contribution is 0.0693. The van der Waals surface area contributed by atoms with Crippen LogP contribution >= 0.6 is 0 Å². The topological polar surface area (TPSA) is 147 Å². The SMILES string of the molecule is Cc1ccc(Oc2ncccc2C(=O)O)cc1.O=S(=O)(O)c1ccc2cccnc2c1O. The van der Waals surface area contributed by atoms with Gasteiger partial charge in [0.25, 0.3) is 10.1 Å². The lowest BCUT2D eigenvalue weighted by Gasteiger charge is -2.07. The summed E-state index contributed by atoms with van der Waals surface area (Å²) in [5, 5.41) is 19.2. The maximum absolute atomic E-state index is 10.9. The quantitative estimate of drug-likeness (QED) is 0.388. The second-order valence-electron chi connectivity index (χ2n) is 6.54. The lowest BCUT2D eigenvalue weighted by Crippen LogP contribution is -2.01. The molecule has 0 bridgehead atoms. The molecule has 4 rings (SSSR count). The molecule has 0 fully saturated rings. The molecule has 4 aromatic rings. The molecule has 2 aromatic carbocycles. The summed E-state index contributed by atoms with van der Waals surface area (Å²) >= 11 is 0.